The van der Waals surface area contributed by atoms with Crippen molar-refractivity contribution in [3.05, 3.63) is 35.9 Å². The van der Waals surface area contributed by atoms with Crippen molar-refractivity contribution >= 4 is 5.91 Å². The second-order valence-corrected chi connectivity index (χ2v) is 6.28. The van der Waals surface area contributed by atoms with Crippen LogP contribution < -0.4 is 5.32 Å². The van der Waals surface area contributed by atoms with Crippen LogP contribution in [0, 0.1) is 5.92 Å². The molecule has 1 aromatic rings. The highest BCUT2D eigenvalue weighted by Gasteiger charge is 2.33. The highest BCUT2D eigenvalue weighted by Crippen LogP contribution is 2.18. The average Bonchev–Trinajstić information content (AvgIpc) is 2.94. The third-order valence-electron chi connectivity index (χ3n) is 4.73. The summed E-state index contributed by atoms with van der Waals surface area (Å²) >= 11 is 0. The van der Waals surface area contributed by atoms with Crippen molar-refractivity contribution in [2.24, 2.45) is 5.92 Å². The van der Waals surface area contributed by atoms with Crippen molar-refractivity contribution in [1.29, 1.82) is 0 Å². The van der Waals surface area contributed by atoms with E-state index in [0.29, 0.717) is 11.8 Å². The lowest BCUT2D eigenvalue weighted by Gasteiger charge is -2.36. The molecule has 21 heavy (non-hydrogen) atoms. The van der Waals surface area contributed by atoms with E-state index in [1.165, 1.54) is 5.56 Å². The zero-order chi connectivity index (χ0) is 14.7. The topological polar surface area (TPSA) is 35.6 Å². The average molecular weight is 287 g/mol. The molecule has 2 atom stereocenters. The van der Waals surface area contributed by atoms with Crippen molar-refractivity contribution in [3.8, 4) is 0 Å². The van der Waals surface area contributed by atoms with Crippen LogP contribution in [0.5, 0.6) is 0 Å². The van der Waals surface area contributed by atoms with Gasteiger partial charge in [-0.25, -0.2) is 0 Å². The number of benzene rings is 1. The SMILES string of the molecule is CC1CCNC1C(=O)N1CCN(Cc2ccccc2)CC1. The van der Waals surface area contributed by atoms with E-state index in [0.717, 1.165) is 45.7 Å². The molecular weight excluding hydrogens is 262 g/mol. The normalized spacial score (nSPS) is 27.0. The summed E-state index contributed by atoms with van der Waals surface area (Å²) in [6.07, 6.45) is 1.12. The van der Waals surface area contributed by atoms with Gasteiger partial charge < -0.3 is 10.2 Å². The molecule has 2 fully saturated rings. The lowest BCUT2D eigenvalue weighted by molar-refractivity contribution is -0.135. The molecule has 0 bridgehead atoms. The Balaban J connectivity index is 1.50. The van der Waals surface area contributed by atoms with Crippen LogP contribution in [-0.2, 0) is 11.3 Å². The fourth-order valence-corrected chi connectivity index (χ4v) is 3.33. The first kappa shape index (κ1) is 14.5. The first-order chi connectivity index (χ1) is 10.2. The molecule has 2 aliphatic heterocycles. The molecule has 0 spiro atoms. The predicted molar refractivity (Wildman–Crippen MR) is 83.9 cm³/mol. The molecule has 1 N–H and O–H groups in total. The van der Waals surface area contributed by atoms with Crippen molar-refractivity contribution < 1.29 is 4.79 Å². The number of carbonyl (C=O) groups excluding carboxylic acids is 1. The van der Waals surface area contributed by atoms with Gasteiger partial charge >= 0.3 is 0 Å². The van der Waals surface area contributed by atoms with E-state index < -0.39 is 0 Å². The zero-order valence-electron chi connectivity index (χ0n) is 12.8. The Morgan fingerprint density at radius 3 is 2.52 bits per heavy atom. The molecule has 1 amide bonds. The van der Waals surface area contributed by atoms with Crippen LogP contribution in [0.4, 0.5) is 0 Å². The van der Waals surface area contributed by atoms with E-state index in [4.69, 9.17) is 0 Å². The van der Waals surface area contributed by atoms with Crippen molar-refractivity contribution in [2.45, 2.75) is 25.9 Å². The third kappa shape index (κ3) is 3.44. The lowest BCUT2D eigenvalue weighted by atomic mass is 10.0. The van der Waals surface area contributed by atoms with Gasteiger partial charge in [0.2, 0.25) is 5.91 Å². The molecular formula is C17H25N3O. The third-order valence-corrected chi connectivity index (χ3v) is 4.73. The van der Waals surface area contributed by atoms with Gasteiger partial charge in [0.15, 0.2) is 0 Å². The van der Waals surface area contributed by atoms with Crippen molar-refractivity contribution in [2.75, 3.05) is 32.7 Å². The minimum Gasteiger partial charge on any atom is -0.339 e. The number of hydrogen-bond donors (Lipinski definition) is 1. The second-order valence-electron chi connectivity index (χ2n) is 6.28. The van der Waals surface area contributed by atoms with Gasteiger partial charge in [-0.1, -0.05) is 37.3 Å². The van der Waals surface area contributed by atoms with E-state index in [-0.39, 0.29) is 6.04 Å². The number of rotatable bonds is 3. The Labute approximate surface area is 127 Å². The van der Waals surface area contributed by atoms with Gasteiger partial charge in [-0.15, -0.1) is 0 Å². The molecule has 2 unspecified atom stereocenters. The fraction of sp³-hybridized carbons (Fsp3) is 0.588. The molecule has 0 radical (unpaired) electrons. The number of hydrogen-bond acceptors (Lipinski definition) is 3. The van der Waals surface area contributed by atoms with E-state index >= 15 is 0 Å². The Morgan fingerprint density at radius 1 is 1.19 bits per heavy atom. The van der Waals surface area contributed by atoms with Gasteiger partial charge in [-0.05, 0) is 24.4 Å². The van der Waals surface area contributed by atoms with Crippen LogP contribution in [0.2, 0.25) is 0 Å². The number of piperazine rings is 1. The van der Waals surface area contributed by atoms with Gasteiger partial charge in [0, 0.05) is 32.7 Å². The van der Waals surface area contributed by atoms with Crippen molar-refractivity contribution in [1.82, 2.24) is 15.1 Å². The van der Waals surface area contributed by atoms with Gasteiger partial charge in [-0.2, -0.15) is 0 Å². The van der Waals surface area contributed by atoms with Crippen LogP contribution >= 0.6 is 0 Å². The Bertz CT molecular complexity index is 468. The van der Waals surface area contributed by atoms with E-state index in [1.54, 1.807) is 0 Å². The van der Waals surface area contributed by atoms with Crippen LogP contribution in [0.1, 0.15) is 18.9 Å². The Morgan fingerprint density at radius 2 is 1.90 bits per heavy atom. The zero-order valence-corrected chi connectivity index (χ0v) is 12.8. The number of nitrogens with one attached hydrogen (secondary N) is 1. The van der Waals surface area contributed by atoms with Crippen LogP contribution in [0.15, 0.2) is 30.3 Å². The Kier molecular flexibility index (Phi) is 4.56. The van der Waals surface area contributed by atoms with Gasteiger partial charge in [0.1, 0.15) is 0 Å². The molecule has 0 aromatic heterocycles. The fourth-order valence-electron chi connectivity index (χ4n) is 3.33. The summed E-state index contributed by atoms with van der Waals surface area (Å²) in [6.45, 7) is 7.80. The Hall–Kier alpha value is -1.39. The van der Waals surface area contributed by atoms with Gasteiger partial charge in [-0.3, -0.25) is 9.69 Å². The van der Waals surface area contributed by atoms with Gasteiger partial charge in [0.25, 0.3) is 0 Å². The molecule has 114 valence electrons. The minimum absolute atomic E-state index is 0.0469. The van der Waals surface area contributed by atoms with E-state index in [1.807, 2.05) is 4.90 Å². The standard InChI is InChI=1S/C17H25N3O/c1-14-7-8-18-16(14)17(21)20-11-9-19(10-12-20)13-15-5-3-2-4-6-15/h2-6,14,16,18H,7-13H2,1H3. The largest absolute Gasteiger partial charge is 0.339 e. The highest BCUT2D eigenvalue weighted by atomic mass is 16.2. The molecule has 3 rings (SSSR count). The smallest absolute Gasteiger partial charge is 0.240 e. The van der Waals surface area contributed by atoms with Crippen LogP contribution in [0.25, 0.3) is 0 Å². The molecule has 0 saturated carbocycles. The predicted octanol–water partition coefficient (Wildman–Crippen LogP) is 1.33. The van der Waals surface area contributed by atoms with E-state index in [2.05, 4.69) is 47.5 Å². The van der Waals surface area contributed by atoms with Crippen LogP contribution in [-0.4, -0.2) is 54.5 Å². The maximum absolute atomic E-state index is 12.5. The monoisotopic (exact) mass is 287 g/mol. The lowest BCUT2D eigenvalue weighted by Crippen LogP contribution is -2.53. The maximum atomic E-state index is 12.5. The summed E-state index contributed by atoms with van der Waals surface area (Å²) in [6, 6.07) is 10.6. The second kappa shape index (κ2) is 6.58. The molecule has 2 saturated heterocycles. The van der Waals surface area contributed by atoms with Crippen LogP contribution in [0.3, 0.4) is 0 Å². The number of amides is 1. The summed E-state index contributed by atoms with van der Waals surface area (Å²) in [5, 5.41) is 3.35. The summed E-state index contributed by atoms with van der Waals surface area (Å²) in [5.74, 6) is 0.777. The molecule has 4 nitrogen and oxygen atoms in total. The summed E-state index contributed by atoms with van der Waals surface area (Å²) in [5.41, 5.74) is 1.35. The summed E-state index contributed by atoms with van der Waals surface area (Å²) in [7, 11) is 0. The molecule has 1 aromatic carbocycles. The van der Waals surface area contributed by atoms with Crippen molar-refractivity contribution in [3.63, 3.8) is 0 Å². The number of carbonyl (C=O) groups is 1. The molecule has 2 aliphatic rings. The molecule has 2 heterocycles. The first-order valence-corrected chi connectivity index (χ1v) is 8.02. The summed E-state index contributed by atoms with van der Waals surface area (Å²) in [4.78, 5) is 17.0. The minimum atomic E-state index is 0.0469. The molecule has 4 heteroatoms. The first-order valence-electron chi connectivity index (χ1n) is 8.02. The highest BCUT2D eigenvalue weighted by molar-refractivity contribution is 5.82. The molecule has 0 aliphatic carbocycles. The number of nitrogens with zero attached hydrogens (tertiary/aromatic N) is 2. The maximum Gasteiger partial charge on any atom is 0.240 e. The summed E-state index contributed by atoms with van der Waals surface area (Å²) < 4.78 is 0. The quantitative estimate of drug-likeness (QED) is 0.911. The van der Waals surface area contributed by atoms with Gasteiger partial charge in [0.05, 0.1) is 6.04 Å². The van der Waals surface area contributed by atoms with E-state index in [9.17, 15) is 4.79 Å².